The second-order valence-electron chi connectivity index (χ2n) is 3.79. The van der Waals surface area contributed by atoms with E-state index in [1.165, 1.54) is 6.92 Å². The minimum absolute atomic E-state index is 0.0315. The number of amides is 1. The molecule has 1 aliphatic rings. The number of hydrogen-bond donors (Lipinski definition) is 2. The predicted molar refractivity (Wildman–Crippen MR) is 61.1 cm³/mol. The Bertz CT molecular complexity index is 421. The van der Waals surface area contributed by atoms with Gasteiger partial charge in [-0.15, -0.1) is 0 Å². The van der Waals surface area contributed by atoms with Gasteiger partial charge < -0.3 is 9.84 Å². The molecule has 9 heteroatoms. The molecule has 0 spiro atoms. The predicted octanol–water partition coefficient (Wildman–Crippen LogP) is -0.0836. The molecule has 0 saturated carbocycles. The molecule has 0 aromatic rings. The zero-order valence-electron chi connectivity index (χ0n) is 9.96. The minimum atomic E-state index is -4.17. The van der Waals surface area contributed by atoms with Crippen LogP contribution in [-0.4, -0.2) is 49.1 Å². The Hall–Kier alpha value is -1.35. The Morgan fingerprint density at radius 1 is 1.44 bits per heavy atom. The van der Waals surface area contributed by atoms with E-state index in [2.05, 4.69) is 4.74 Å². The van der Waals surface area contributed by atoms with Crippen LogP contribution in [0.15, 0.2) is 0 Å². The van der Waals surface area contributed by atoms with Gasteiger partial charge in [-0.05, 0) is 26.2 Å². The summed E-state index contributed by atoms with van der Waals surface area (Å²) in [4.78, 5) is 22.1. The summed E-state index contributed by atoms with van der Waals surface area (Å²) in [5.74, 6) is -1.22. The SMILES string of the molecule is CCOC(=O)NS(=O)(=O)N1CCCCC1C(=O)O. The van der Waals surface area contributed by atoms with Crippen LogP contribution in [0, 0.1) is 0 Å². The summed E-state index contributed by atoms with van der Waals surface area (Å²) >= 11 is 0. The number of hydrogen-bond acceptors (Lipinski definition) is 5. The molecule has 2 N–H and O–H groups in total. The molecule has 0 aromatic heterocycles. The van der Waals surface area contributed by atoms with E-state index in [-0.39, 0.29) is 19.6 Å². The molecule has 1 saturated heterocycles. The lowest BCUT2D eigenvalue weighted by Crippen LogP contribution is -2.53. The molecule has 1 heterocycles. The first kappa shape index (κ1) is 14.7. The molecule has 104 valence electrons. The molecule has 1 amide bonds. The fourth-order valence-electron chi connectivity index (χ4n) is 1.76. The molecule has 1 rings (SSSR count). The molecular weight excluding hydrogens is 264 g/mol. The number of ether oxygens (including phenoxy) is 1. The summed E-state index contributed by atoms with van der Waals surface area (Å²) in [6.07, 6.45) is 0.335. The van der Waals surface area contributed by atoms with Crippen LogP contribution in [0.3, 0.4) is 0 Å². The molecule has 0 bridgehead atoms. The quantitative estimate of drug-likeness (QED) is 0.744. The lowest BCUT2D eigenvalue weighted by Gasteiger charge is -2.31. The lowest BCUT2D eigenvalue weighted by atomic mass is 10.1. The van der Waals surface area contributed by atoms with E-state index in [4.69, 9.17) is 5.11 Å². The zero-order chi connectivity index (χ0) is 13.8. The van der Waals surface area contributed by atoms with Crippen molar-refractivity contribution in [1.82, 2.24) is 9.03 Å². The fourth-order valence-corrected chi connectivity index (χ4v) is 3.05. The second-order valence-corrected chi connectivity index (χ2v) is 5.41. The van der Waals surface area contributed by atoms with E-state index in [1.807, 2.05) is 0 Å². The number of aliphatic carboxylic acids is 1. The van der Waals surface area contributed by atoms with E-state index < -0.39 is 28.3 Å². The van der Waals surface area contributed by atoms with Gasteiger partial charge in [0.25, 0.3) is 0 Å². The third kappa shape index (κ3) is 3.57. The van der Waals surface area contributed by atoms with Crippen LogP contribution in [0.25, 0.3) is 0 Å². The summed E-state index contributed by atoms with van der Waals surface area (Å²) in [7, 11) is -4.17. The van der Waals surface area contributed by atoms with Crippen LogP contribution >= 0.6 is 0 Å². The second kappa shape index (κ2) is 6.01. The van der Waals surface area contributed by atoms with Gasteiger partial charge in [0.15, 0.2) is 0 Å². The summed E-state index contributed by atoms with van der Waals surface area (Å²) < 4.78 is 30.6. The number of carbonyl (C=O) groups is 2. The van der Waals surface area contributed by atoms with E-state index in [9.17, 15) is 18.0 Å². The van der Waals surface area contributed by atoms with Crippen LogP contribution in [0.1, 0.15) is 26.2 Å². The van der Waals surface area contributed by atoms with Crippen LogP contribution in [-0.2, 0) is 19.7 Å². The Morgan fingerprint density at radius 3 is 2.67 bits per heavy atom. The highest BCUT2D eigenvalue weighted by Crippen LogP contribution is 2.19. The lowest BCUT2D eigenvalue weighted by molar-refractivity contribution is -0.142. The van der Waals surface area contributed by atoms with Crippen molar-refractivity contribution in [3.05, 3.63) is 0 Å². The molecule has 0 radical (unpaired) electrons. The normalized spacial score (nSPS) is 21.3. The highest BCUT2D eigenvalue weighted by Gasteiger charge is 2.37. The average Bonchev–Trinajstić information content (AvgIpc) is 2.28. The first-order chi connectivity index (χ1) is 8.38. The van der Waals surface area contributed by atoms with Crippen molar-refractivity contribution in [2.45, 2.75) is 32.2 Å². The number of carboxylic acids is 1. The number of carbonyl (C=O) groups excluding carboxylic acids is 1. The molecule has 18 heavy (non-hydrogen) atoms. The third-order valence-electron chi connectivity index (χ3n) is 2.54. The number of nitrogens with one attached hydrogen (secondary N) is 1. The van der Waals surface area contributed by atoms with Crippen molar-refractivity contribution in [2.75, 3.05) is 13.2 Å². The molecule has 0 aliphatic carbocycles. The molecular formula is C9H16N2O6S. The number of nitrogens with zero attached hydrogens (tertiary/aromatic N) is 1. The zero-order valence-corrected chi connectivity index (χ0v) is 10.8. The fraction of sp³-hybridized carbons (Fsp3) is 0.778. The summed E-state index contributed by atoms with van der Waals surface area (Å²) in [5.41, 5.74) is 0. The van der Waals surface area contributed by atoms with Gasteiger partial charge in [0.2, 0.25) is 0 Å². The molecule has 1 atom stereocenters. The van der Waals surface area contributed by atoms with Gasteiger partial charge in [-0.1, -0.05) is 0 Å². The van der Waals surface area contributed by atoms with E-state index in [0.717, 1.165) is 4.31 Å². The Labute approximate surface area is 105 Å². The average molecular weight is 280 g/mol. The van der Waals surface area contributed by atoms with Gasteiger partial charge in [-0.25, -0.2) is 9.52 Å². The molecule has 0 aromatic carbocycles. The van der Waals surface area contributed by atoms with Crippen molar-refractivity contribution >= 4 is 22.3 Å². The van der Waals surface area contributed by atoms with Crippen LogP contribution in [0.5, 0.6) is 0 Å². The summed E-state index contributed by atoms with van der Waals surface area (Å²) in [6.45, 7) is 1.64. The van der Waals surface area contributed by atoms with Crippen LogP contribution < -0.4 is 4.72 Å². The van der Waals surface area contributed by atoms with Gasteiger partial charge in [0, 0.05) is 6.54 Å². The highest BCUT2D eigenvalue weighted by molar-refractivity contribution is 7.87. The largest absolute Gasteiger partial charge is 0.480 e. The first-order valence-corrected chi connectivity index (χ1v) is 7.01. The Balaban J connectivity index is 2.81. The van der Waals surface area contributed by atoms with Gasteiger partial charge >= 0.3 is 22.3 Å². The van der Waals surface area contributed by atoms with E-state index in [1.54, 1.807) is 4.72 Å². The maximum absolute atomic E-state index is 11.8. The maximum atomic E-state index is 11.8. The van der Waals surface area contributed by atoms with Crippen molar-refractivity contribution in [3.63, 3.8) is 0 Å². The number of carboxylic acid groups (broad SMARTS) is 1. The minimum Gasteiger partial charge on any atom is -0.480 e. The summed E-state index contributed by atoms with van der Waals surface area (Å²) in [5, 5.41) is 8.96. The Morgan fingerprint density at radius 2 is 2.11 bits per heavy atom. The smallest absolute Gasteiger partial charge is 0.421 e. The maximum Gasteiger partial charge on any atom is 0.421 e. The molecule has 1 unspecified atom stereocenters. The highest BCUT2D eigenvalue weighted by atomic mass is 32.2. The van der Waals surface area contributed by atoms with Crippen molar-refractivity contribution in [3.8, 4) is 0 Å². The monoisotopic (exact) mass is 280 g/mol. The molecule has 1 aliphatic heterocycles. The van der Waals surface area contributed by atoms with Gasteiger partial charge in [-0.2, -0.15) is 12.7 Å². The Kier molecular flexibility index (Phi) is 4.91. The van der Waals surface area contributed by atoms with Crippen molar-refractivity contribution < 1.29 is 27.9 Å². The van der Waals surface area contributed by atoms with Gasteiger partial charge in [0.1, 0.15) is 6.04 Å². The third-order valence-corrected chi connectivity index (χ3v) is 4.01. The molecule has 8 nitrogen and oxygen atoms in total. The number of piperidine rings is 1. The first-order valence-electron chi connectivity index (χ1n) is 5.57. The van der Waals surface area contributed by atoms with Gasteiger partial charge in [-0.3, -0.25) is 4.79 Å². The van der Waals surface area contributed by atoms with Crippen molar-refractivity contribution in [2.24, 2.45) is 0 Å². The molecule has 1 fully saturated rings. The van der Waals surface area contributed by atoms with E-state index in [0.29, 0.717) is 12.8 Å². The van der Waals surface area contributed by atoms with Crippen LogP contribution in [0.4, 0.5) is 4.79 Å². The standard InChI is InChI=1S/C9H16N2O6S/c1-2-17-9(14)10-18(15,16)11-6-4-3-5-7(11)8(12)13/h7H,2-6H2,1H3,(H,10,14)(H,12,13). The number of rotatable bonds is 4. The topological polar surface area (TPSA) is 113 Å². The van der Waals surface area contributed by atoms with Crippen molar-refractivity contribution in [1.29, 1.82) is 0 Å². The van der Waals surface area contributed by atoms with Crippen LogP contribution in [0.2, 0.25) is 0 Å². The summed E-state index contributed by atoms with van der Waals surface area (Å²) in [6, 6.07) is -1.13. The van der Waals surface area contributed by atoms with Gasteiger partial charge in [0.05, 0.1) is 6.61 Å². The van der Waals surface area contributed by atoms with E-state index >= 15 is 0 Å².